The molecule has 13 nitrogen and oxygen atoms in total. The second-order valence-electron chi connectivity index (χ2n) is 17.5. The van der Waals surface area contributed by atoms with Crippen molar-refractivity contribution in [2.24, 2.45) is 23.7 Å². The van der Waals surface area contributed by atoms with Crippen molar-refractivity contribution >= 4 is 32.7 Å². The van der Waals surface area contributed by atoms with Crippen molar-refractivity contribution in [2.75, 3.05) is 27.9 Å². The highest BCUT2D eigenvalue weighted by atomic mass is 31.0. The molecule has 3 aliphatic heterocycles. The standard InChI is InChI=1S/C44H70NO12P/c1-9-12-30-19-25(2)20-31(58)23-38(55-8)40-37(54-7)21-27(4)44(52,57-40)41(49)42(50)45-18-11-10-13-32(45)43(51)56-39(28(5)34(47)24-35(30)48)26(3)14-15-29-16-17-33(46)36(22-29)53-6/h9,14,19,27-34,36-40,46-47,52H,1,10-13,15-18,20-24,58H2,2-8H3/p+2/b25-19+,26-14+/t27-,28-,29?,30-,31+,32+,33-,34+,36-,37+,38+,39-,40+,44-/m1/s1. The van der Waals surface area contributed by atoms with E-state index >= 15 is 0 Å². The fourth-order valence-corrected chi connectivity index (χ4v) is 10.1. The summed E-state index contributed by atoms with van der Waals surface area (Å²) in [4.78, 5) is 54.4. The zero-order valence-electron chi connectivity index (χ0n) is 35.8. The maximum atomic E-state index is 14.3. The number of quaternary nitrogens is 1. The molecule has 1 saturated carbocycles. The van der Waals surface area contributed by atoms with Gasteiger partial charge < -0.3 is 39.0 Å². The van der Waals surface area contributed by atoms with Gasteiger partial charge in [0.25, 0.3) is 5.79 Å². The lowest BCUT2D eigenvalue weighted by molar-refractivity contribution is -0.841. The summed E-state index contributed by atoms with van der Waals surface area (Å²) in [5.74, 6) is -6.73. The van der Waals surface area contributed by atoms with E-state index in [0.29, 0.717) is 63.4 Å². The summed E-state index contributed by atoms with van der Waals surface area (Å²) in [5.41, 5.74) is 1.60. The van der Waals surface area contributed by atoms with Gasteiger partial charge in [0.1, 0.15) is 18.0 Å². The summed E-state index contributed by atoms with van der Waals surface area (Å²) < 4.78 is 29.9. The number of hydrogen-bond donors (Lipinski definition) is 4. The van der Waals surface area contributed by atoms with E-state index in [0.717, 1.165) is 12.0 Å². The number of hydrogen-bond acceptors (Lipinski definition) is 11. The van der Waals surface area contributed by atoms with Crippen LogP contribution < -0.4 is 4.90 Å². The third kappa shape index (κ3) is 11.8. The number of Topliss-reactive ketones (excluding diaryl/α,β-unsaturated/α-hetero) is 1. The van der Waals surface area contributed by atoms with Gasteiger partial charge in [-0.15, -0.1) is 15.8 Å². The van der Waals surface area contributed by atoms with Crippen LogP contribution in [0.25, 0.3) is 0 Å². The fraction of sp³-hybridized carbons (Fsp3) is 0.773. The van der Waals surface area contributed by atoms with Crippen LogP contribution in [0, 0.1) is 23.7 Å². The molecule has 3 fully saturated rings. The number of carbonyl (C=O) groups is 3. The summed E-state index contributed by atoms with van der Waals surface area (Å²) in [6.45, 7) is 11.3. The predicted octanol–water partition coefficient (Wildman–Crippen LogP) is 3.20. The zero-order valence-corrected chi connectivity index (χ0v) is 36.9. The molecule has 4 aliphatic rings. The predicted molar refractivity (Wildman–Crippen MR) is 223 cm³/mol. The molecule has 0 aromatic carbocycles. The quantitative estimate of drug-likeness (QED) is 0.0927. The number of ketones is 2. The third-order valence-corrected chi connectivity index (χ3v) is 13.7. The summed E-state index contributed by atoms with van der Waals surface area (Å²) in [5, 5.41) is 34.2. The van der Waals surface area contributed by atoms with Crippen molar-refractivity contribution in [3.05, 3.63) is 36.0 Å². The molecule has 328 valence electrons. The van der Waals surface area contributed by atoms with Crippen molar-refractivity contribution in [1.82, 2.24) is 0 Å². The number of allylic oxidation sites excluding steroid dienone is 4. The van der Waals surface area contributed by atoms with Gasteiger partial charge >= 0.3 is 17.7 Å². The molecule has 0 aromatic rings. The lowest BCUT2D eigenvalue weighted by atomic mass is 9.82. The normalized spacial score (nSPS) is 41.7. The van der Waals surface area contributed by atoms with Gasteiger partial charge in [-0.3, -0.25) is 9.59 Å². The van der Waals surface area contributed by atoms with Crippen LogP contribution in [0.1, 0.15) is 105 Å². The summed E-state index contributed by atoms with van der Waals surface area (Å²) >= 11 is 0. The Labute approximate surface area is 347 Å². The monoisotopic (exact) mass is 837 g/mol. The molecule has 16 atom stereocenters. The Morgan fingerprint density at radius 3 is 2.31 bits per heavy atom. The number of rotatable bonds is 8. The molecule has 58 heavy (non-hydrogen) atoms. The molecule has 5 N–H and O–H groups in total. The molecular weight excluding hydrogens is 765 g/mol. The second-order valence-corrected chi connectivity index (χ2v) is 18.4. The van der Waals surface area contributed by atoms with Crippen molar-refractivity contribution in [3.8, 4) is 0 Å². The third-order valence-electron chi connectivity index (χ3n) is 13.2. The fourth-order valence-electron chi connectivity index (χ4n) is 9.48. The maximum absolute atomic E-state index is 14.3. The number of aliphatic hydroxyl groups is 3. The van der Waals surface area contributed by atoms with Crippen molar-refractivity contribution in [2.45, 2.75) is 165 Å². The first-order chi connectivity index (χ1) is 27.5. The Morgan fingerprint density at radius 2 is 1.66 bits per heavy atom. The van der Waals surface area contributed by atoms with E-state index in [2.05, 4.69) is 15.8 Å². The van der Waals surface area contributed by atoms with Gasteiger partial charge in [0.15, 0.2) is 6.04 Å². The average Bonchev–Trinajstić information content (AvgIpc) is 3.20. The van der Waals surface area contributed by atoms with Gasteiger partial charge in [-0.25, -0.2) is 14.5 Å². The molecule has 3 unspecified atom stereocenters. The molecule has 0 radical (unpaired) electrons. The average molecular weight is 838 g/mol. The van der Waals surface area contributed by atoms with E-state index in [9.17, 15) is 34.5 Å². The first-order valence-corrected chi connectivity index (χ1v) is 21.9. The molecule has 4 rings (SSSR count). The first-order valence-electron chi connectivity index (χ1n) is 21.2. The molecule has 2 bridgehead atoms. The lowest BCUT2D eigenvalue weighted by Crippen LogP contribution is -3.21. The number of methoxy groups -OCH3 is 3. The van der Waals surface area contributed by atoms with Gasteiger partial charge in [-0.1, -0.05) is 37.6 Å². The van der Waals surface area contributed by atoms with E-state index < -0.39 is 83.9 Å². The second kappa shape index (κ2) is 22.1. The molecule has 14 heteroatoms. The molecule has 1 aliphatic carbocycles. The van der Waals surface area contributed by atoms with Gasteiger partial charge in [0, 0.05) is 51.9 Å². The maximum Gasteiger partial charge on any atom is 0.477 e. The molecule has 0 spiro atoms. The van der Waals surface area contributed by atoms with Crippen LogP contribution in [0.4, 0.5) is 0 Å². The highest BCUT2D eigenvalue weighted by molar-refractivity contribution is 7.17. The van der Waals surface area contributed by atoms with E-state index in [1.165, 1.54) is 7.11 Å². The van der Waals surface area contributed by atoms with E-state index in [4.69, 9.17) is 23.7 Å². The van der Waals surface area contributed by atoms with E-state index in [-0.39, 0.29) is 47.8 Å². The Morgan fingerprint density at radius 1 is 0.983 bits per heavy atom. The summed E-state index contributed by atoms with van der Waals surface area (Å²) in [6, 6.07) is -1.01. The lowest BCUT2D eigenvalue weighted by Gasteiger charge is -2.44. The molecule has 1 amide bonds. The molecule has 0 aromatic heterocycles. The van der Waals surface area contributed by atoms with Crippen LogP contribution in [0.15, 0.2) is 36.0 Å². The number of esters is 1. The van der Waals surface area contributed by atoms with Crippen molar-refractivity contribution in [1.29, 1.82) is 0 Å². The number of nitrogens with one attached hydrogen (secondary N) is 1. The molecular formula is C44H72NO12P+2. The van der Waals surface area contributed by atoms with Gasteiger partial charge in [-0.2, -0.15) is 0 Å². The highest BCUT2D eigenvalue weighted by Crippen LogP contribution is 2.38. The summed E-state index contributed by atoms with van der Waals surface area (Å²) in [6.07, 6.45) is 6.44. The summed E-state index contributed by atoms with van der Waals surface area (Å²) in [7, 11) is 7.50. The highest BCUT2D eigenvalue weighted by Gasteiger charge is 2.62. The number of fused-ring (bicyclic) bond motifs is 3. The number of amides is 1. The van der Waals surface area contributed by atoms with Crippen molar-refractivity contribution in [3.63, 3.8) is 0 Å². The van der Waals surface area contributed by atoms with E-state index in [1.807, 2.05) is 26.0 Å². The number of ether oxygens (including phenoxy) is 5. The van der Waals surface area contributed by atoms with Crippen LogP contribution in [0.2, 0.25) is 0 Å². The smallest absolute Gasteiger partial charge is 0.453 e. The minimum atomic E-state index is -2.38. The van der Waals surface area contributed by atoms with E-state index in [1.54, 1.807) is 34.1 Å². The number of aliphatic hydroxyl groups excluding tert-OH is 2. The largest absolute Gasteiger partial charge is 0.477 e. The number of piperidine rings is 1. The van der Waals surface area contributed by atoms with Crippen LogP contribution in [-0.4, -0.2) is 132 Å². The number of cyclic esters (lactones) is 1. The topological polar surface area (TPSA) is 184 Å². The van der Waals surface area contributed by atoms with Crippen LogP contribution in [0.3, 0.4) is 0 Å². The van der Waals surface area contributed by atoms with Gasteiger partial charge in [0.2, 0.25) is 0 Å². The Bertz CT molecular complexity index is 1500. The molecule has 3 heterocycles. The van der Waals surface area contributed by atoms with Crippen LogP contribution in [0.5, 0.6) is 0 Å². The minimum Gasteiger partial charge on any atom is -0.453 e. The van der Waals surface area contributed by atoms with Gasteiger partial charge in [0.05, 0.1) is 37.1 Å². The van der Waals surface area contributed by atoms with Crippen LogP contribution in [-0.2, 0) is 38.1 Å². The van der Waals surface area contributed by atoms with Crippen LogP contribution >= 0.6 is 9.24 Å². The minimum absolute atomic E-state index is 0.0514. The first kappa shape index (κ1) is 48.5. The Balaban J connectivity index is 1.75. The SMILES string of the molecule is C=CC[C@@H]1/C=C(\C)C[C@H](P)C[C@H](OC)[C@H]2O[C@@](O)(C(=[OH+])C(=O)[NH+]3CCCC[C@H]3C(=O)O[C@H](/C(C)=C/CC3CC[C@@H](O)[C@H](OC)C3)[C@H](C)[C@@H](O)CC1=O)[C@H](C)C[C@@H]2OC. The van der Waals surface area contributed by atoms with Crippen molar-refractivity contribution < 1.29 is 63.1 Å². The Hall–Kier alpha value is -2.19. The Kier molecular flexibility index (Phi) is 18.4. The van der Waals surface area contributed by atoms with Gasteiger partial charge in [-0.05, 0) is 95.2 Å². The molecule has 2 saturated heterocycles. The zero-order chi connectivity index (χ0) is 42.9. The number of carbonyl (C=O) groups excluding carboxylic acids is 4.